The molecule has 0 N–H and O–H groups in total. The molecule has 10 heteroatoms. The average molecular weight is 840 g/mol. The third-order valence-electron chi connectivity index (χ3n) is 15.1. The molecule has 0 unspecified atom stereocenters. The van der Waals surface area contributed by atoms with E-state index in [2.05, 4.69) is 170 Å². The van der Waals surface area contributed by atoms with Crippen LogP contribution in [-0.2, 0) is 10.8 Å². The van der Waals surface area contributed by atoms with Crippen LogP contribution in [0.15, 0.2) is 158 Å². The maximum atomic E-state index is 7.35. The first-order valence-electron chi connectivity index (χ1n) is 22.6. The standard InChI is InChI=1S/C58H32B9N/c1-57(2)37-20-8-3-14-30(37)33-27-26-29(28-42(33)57)68(56-54(66)49(61)46(50(62)55(56)67)45-47(59)51(63)53(65)52(64)48(45)60)43-25-12-7-17-34(43)35-19-13-24-41-44(35)36-18-6-11-23-40(36)58(41)38-21-9-4-15-31(38)32-16-5-10-22-39(32)58/h3-28H,1-2H3. The van der Waals surface area contributed by atoms with Gasteiger partial charge in [-0.2, -0.15) is 0 Å². The first-order valence-corrected chi connectivity index (χ1v) is 22.6. The monoisotopic (exact) mass is 841 g/mol. The van der Waals surface area contributed by atoms with Gasteiger partial charge in [-0.05, 0) is 102 Å². The third-order valence-corrected chi connectivity index (χ3v) is 15.1. The van der Waals surface area contributed by atoms with E-state index in [-0.39, 0.29) is 65.7 Å². The molecule has 0 fully saturated rings. The molecule has 9 aromatic carbocycles. The number of anilines is 3. The molecule has 0 heterocycles. The fraction of sp³-hybridized carbons (Fsp3) is 0.0690. The molecular weight excluding hydrogens is 808 g/mol. The Kier molecular flexibility index (Phi) is 9.53. The van der Waals surface area contributed by atoms with Crippen LogP contribution in [0.4, 0.5) is 17.1 Å². The predicted octanol–water partition coefficient (Wildman–Crippen LogP) is 4.28. The number of para-hydroxylation sites is 1. The molecule has 3 aliphatic carbocycles. The molecule has 0 aromatic heterocycles. The van der Waals surface area contributed by atoms with Crippen LogP contribution in [-0.4, -0.2) is 70.6 Å². The van der Waals surface area contributed by atoms with E-state index in [0.29, 0.717) is 5.69 Å². The first-order chi connectivity index (χ1) is 32.8. The quantitative estimate of drug-likeness (QED) is 0.234. The molecule has 1 nitrogen and oxygen atoms in total. The molecule has 0 bridgehead atoms. The van der Waals surface area contributed by atoms with Crippen molar-refractivity contribution >= 4 is 137 Å². The Morgan fingerprint density at radius 1 is 0.309 bits per heavy atom. The van der Waals surface area contributed by atoms with Gasteiger partial charge >= 0.3 is 0 Å². The van der Waals surface area contributed by atoms with Crippen molar-refractivity contribution in [1.82, 2.24) is 0 Å². The molecule has 0 saturated carbocycles. The first kappa shape index (κ1) is 42.7. The summed E-state index contributed by atoms with van der Waals surface area (Å²) in [5.74, 6) is 0. The second kappa shape index (κ2) is 15.2. The van der Waals surface area contributed by atoms with Gasteiger partial charge in [-0.25, -0.2) is 0 Å². The normalized spacial score (nSPS) is 13.9. The molecule has 18 radical (unpaired) electrons. The second-order valence-corrected chi connectivity index (χ2v) is 18.7. The van der Waals surface area contributed by atoms with Crippen LogP contribution in [0.2, 0.25) is 0 Å². The Morgan fingerprint density at radius 3 is 1.28 bits per heavy atom. The summed E-state index contributed by atoms with van der Waals surface area (Å²) in [6, 6.07) is 56.5. The molecule has 68 heavy (non-hydrogen) atoms. The summed E-state index contributed by atoms with van der Waals surface area (Å²) in [7, 11) is 61.2. The lowest BCUT2D eigenvalue weighted by Gasteiger charge is -2.36. The minimum absolute atomic E-state index is 0.0485. The van der Waals surface area contributed by atoms with Gasteiger partial charge in [0, 0.05) is 22.4 Å². The van der Waals surface area contributed by atoms with Gasteiger partial charge in [-0.15, -0.1) is 16.4 Å². The van der Waals surface area contributed by atoms with E-state index >= 15 is 0 Å². The van der Waals surface area contributed by atoms with E-state index in [4.69, 9.17) is 70.6 Å². The molecule has 0 saturated heterocycles. The van der Waals surface area contributed by atoms with Gasteiger partial charge < -0.3 is 4.90 Å². The van der Waals surface area contributed by atoms with Gasteiger partial charge in [-0.1, -0.05) is 186 Å². The van der Waals surface area contributed by atoms with Crippen LogP contribution in [0.3, 0.4) is 0 Å². The molecule has 0 atom stereocenters. The van der Waals surface area contributed by atoms with Crippen molar-refractivity contribution in [2.24, 2.45) is 0 Å². The summed E-state index contributed by atoms with van der Waals surface area (Å²) in [5, 5.41) is 0. The zero-order valence-corrected chi connectivity index (χ0v) is 37.7. The zero-order chi connectivity index (χ0) is 47.1. The Bertz CT molecular complexity index is 3580. The number of hydrogen-bond acceptors (Lipinski definition) is 1. The van der Waals surface area contributed by atoms with Crippen LogP contribution in [0, 0.1) is 0 Å². The van der Waals surface area contributed by atoms with Crippen molar-refractivity contribution < 1.29 is 0 Å². The average Bonchev–Trinajstić information content (AvgIpc) is 3.93. The SMILES string of the molecule is [B]c1c([B])c([B])c(-c2c([B])c([B])c(N(c3ccc4c(c3)C(C)(C)c3ccccc3-4)c3ccccc3-c3cccc4c3-c3ccccc3C43c4ccccc4-c4ccccc43)c([B])c2[B])c([B])c1[B]. The Morgan fingerprint density at radius 2 is 0.706 bits per heavy atom. The van der Waals surface area contributed by atoms with Crippen LogP contribution >= 0.6 is 0 Å². The summed E-state index contributed by atoms with van der Waals surface area (Å²) in [4.78, 5) is 2.09. The smallest absolute Gasteiger partial charge is 0.115 e. The van der Waals surface area contributed by atoms with E-state index in [1.165, 1.54) is 44.5 Å². The highest BCUT2D eigenvalue weighted by Crippen LogP contribution is 2.64. The minimum atomic E-state index is -0.545. The number of rotatable bonds is 5. The van der Waals surface area contributed by atoms with Crippen molar-refractivity contribution in [3.05, 3.63) is 191 Å². The molecule has 9 aromatic rings. The highest BCUT2D eigenvalue weighted by molar-refractivity contribution is 6.71. The summed E-state index contributed by atoms with van der Waals surface area (Å²) in [6.07, 6.45) is 0. The van der Waals surface area contributed by atoms with Crippen LogP contribution < -0.4 is 54.1 Å². The number of fused-ring (bicyclic) bond motifs is 13. The maximum absolute atomic E-state index is 7.35. The highest BCUT2D eigenvalue weighted by Gasteiger charge is 2.52. The van der Waals surface area contributed by atoms with Crippen LogP contribution in [0.5, 0.6) is 0 Å². The van der Waals surface area contributed by atoms with Gasteiger partial charge in [0.2, 0.25) is 0 Å². The fourth-order valence-electron chi connectivity index (χ4n) is 11.9. The Labute approximate surface area is 410 Å². The second-order valence-electron chi connectivity index (χ2n) is 18.7. The lowest BCUT2D eigenvalue weighted by Crippen LogP contribution is -2.57. The van der Waals surface area contributed by atoms with E-state index < -0.39 is 5.41 Å². The van der Waals surface area contributed by atoms with Crippen molar-refractivity contribution in [3.8, 4) is 55.6 Å². The molecule has 1 spiro atoms. The largest absolute Gasteiger partial charge is 0.311 e. The lowest BCUT2D eigenvalue weighted by atomic mass is 9.56. The lowest BCUT2D eigenvalue weighted by molar-refractivity contribution is 0.660. The molecule has 12 rings (SSSR count). The Hall–Kier alpha value is -6.64. The topological polar surface area (TPSA) is 3.24 Å². The van der Waals surface area contributed by atoms with Crippen molar-refractivity contribution in [1.29, 1.82) is 0 Å². The third kappa shape index (κ3) is 5.52. The molecule has 0 amide bonds. The van der Waals surface area contributed by atoms with Crippen molar-refractivity contribution in [2.75, 3.05) is 4.90 Å². The summed E-state index contributed by atoms with van der Waals surface area (Å²) < 4.78 is 0. The Balaban J connectivity index is 1.15. The van der Waals surface area contributed by atoms with Gasteiger partial charge in [0.05, 0.1) is 11.1 Å². The highest BCUT2D eigenvalue weighted by atomic mass is 15.1. The van der Waals surface area contributed by atoms with Crippen LogP contribution in [0.25, 0.3) is 55.6 Å². The van der Waals surface area contributed by atoms with Crippen molar-refractivity contribution in [2.45, 2.75) is 24.7 Å². The van der Waals surface area contributed by atoms with E-state index in [1.807, 2.05) is 6.07 Å². The number of nitrogens with zero attached hydrogens (tertiary/aromatic N) is 1. The van der Waals surface area contributed by atoms with Crippen LogP contribution in [0.1, 0.15) is 47.2 Å². The number of hydrogen-bond donors (Lipinski definition) is 0. The predicted molar refractivity (Wildman–Crippen MR) is 294 cm³/mol. The molecular formula is C58H32B9N. The molecule has 0 aliphatic heterocycles. The zero-order valence-electron chi connectivity index (χ0n) is 37.7. The van der Waals surface area contributed by atoms with E-state index in [9.17, 15) is 0 Å². The van der Waals surface area contributed by atoms with Gasteiger partial charge in [0.1, 0.15) is 70.6 Å². The van der Waals surface area contributed by atoms with Gasteiger partial charge in [0.15, 0.2) is 0 Å². The summed E-state index contributed by atoms with van der Waals surface area (Å²) >= 11 is 0. The van der Waals surface area contributed by atoms with Gasteiger partial charge in [-0.3, -0.25) is 0 Å². The molecule has 296 valence electrons. The summed E-state index contributed by atoms with van der Waals surface area (Å²) in [5.41, 5.74) is 18.8. The van der Waals surface area contributed by atoms with E-state index in [1.54, 1.807) is 0 Å². The maximum Gasteiger partial charge on any atom is 0.115 e. The number of benzene rings is 9. The molecule has 3 aliphatic rings. The van der Waals surface area contributed by atoms with E-state index in [0.717, 1.165) is 44.8 Å². The summed E-state index contributed by atoms with van der Waals surface area (Å²) in [6.45, 7) is 4.51. The minimum Gasteiger partial charge on any atom is -0.311 e. The van der Waals surface area contributed by atoms with Gasteiger partial charge in [0.25, 0.3) is 0 Å². The van der Waals surface area contributed by atoms with Crippen molar-refractivity contribution in [3.63, 3.8) is 0 Å². The fourth-order valence-corrected chi connectivity index (χ4v) is 11.9.